The fourth-order valence-electron chi connectivity index (χ4n) is 3.17. The molecule has 1 fully saturated rings. The first-order valence-corrected chi connectivity index (χ1v) is 9.25. The lowest BCUT2D eigenvalue weighted by Crippen LogP contribution is -2.43. The molecule has 3 amide bonds. The summed E-state index contributed by atoms with van der Waals surface area (Å²) in [7, 11) is 0. The van der Waals surface area contributed by atoms with Gasteiger partial charge in [0.15, 0.2) is 0 Å². The van der Waals surface area contributed by atoms with Gasteiger partial charge in [0.25, 0.3) is 5.91 Å². The predicted octanol–water partition coefficient (Wildman–Crippen LogP) is 2.93. The smallest absolute Gasteiger partial charge is 0.317 e. The zero-order valence-electron chi connectivity index (χ0n) is 15.2. The average molecular weight is 369 g/mol. The van der Waals surface area contributed by atoms with E-state index in [2.05, 4.69) is 5.32 Å². The number of urea groups is 1. The van der Waals surface area contributed by atoms with E-state index in [9.17, 15) is 14.0 Å². The molecule has 2 aromatic carbocycles. The monoisotopic (exact) mass is 369 g/mol. The third-order valence-corrected chi connectivity index (χ3v) is 4.69. The Morgan fingerprint density at radius 3 is 2.30 bits per heavy atom. The molecule has 142 valence electrons. The van der Waals surface area contributed by atoms with Crippen molar-refractivity contribution in [3.8, 4) is 0 Å². The van der Waals surface area contributed by atoms with Gasteiger partial charge in [0.05, 0.1) is 0 Å². The average Bonchev–Trinajstić information content (AvgIpc) is 2.95. The Hall–Kier alpha value is -2.89. The zero-order valence-corrected chi connectivity index (χ0v) is 15.2. The van der Waals surface area contributed by atoms with Gasteiger partial charge in [-0.2, -0.15) is 0 Å². The minimum absolute atomic E-state index is 0.0954. The van der Waals surface area contributed by atoms with Gasteiger partial charge in [-0.15, -0.1) is 0 Å². The van der Waals surface area contributed by atoms with Crippen LogP contribution in [0.15, 0.2) is 54.6 Å². The van der Waals surface area contributed by atoms with Crippen LogP contribution in [-0.4, -0.2) is 54.5 Å². The second-order valence-electron chi connectivity index (χ2n) is 6.61. The molecule has 3 rings (SSSR count). The van der Waals surface area contributed by atoms with Gasteiger partial charge < -0.3 is 15.1 Å². The van der Waals surface area contributed by atoms with Gasteiger partial charge >= 0.3 is 6.03 Å². The third kappa shape index (κ3) is 5.29. The highest BCUT2D eigenvalue weighted by molar-refractivity contribution is 5.94. The lowest BCUT2D eigenvalue weighted by molar-refractivity contribution is 0.0762. The molecule has 27 heavy (non-hydrogen) atoms. The number of rotatable bonds is 4. The number of nitrogens with one attached hydrogen (secondary N) is 1. The summed E-state index contributed by atoms with van der Waals surface area (Å²) in [6.45, 7) is 2.75. The normalized spacial score (nSPS) is 14.6. The number of carbonyl (C=O) groups is 2. The molecule has 2 aromatic rings. The van der Waals surface area contributed by atoms with Crippen LogP contribution in [0.5, 0.6) is 0 Å². The Kier molecular flexibility index (Phi) is 6.41. The highest BCUT2D eigenvalue weighted by Gasteiger charge is 2.22. The van der Waals surface area contributed by atoms with Crippen molar-refractivity contribution in [1.29, 1.82) is 0 Å². The summed E-state index contributed by atoms with van der Waals surface area (Å²) in [5.41, 5.74) is 1.65. The van der Waals surface area contributed by atoms with Crippen molar-refractivity contribution in [3.63, 3.8) is 0 Å². The molecule has 0 aliphatic carbocycles. The molecule has 1 aliphatic rings. The lowest BCUT2D eigenvalue weighted by atomic mass is 10.1. The Bertz CT molecular complexity index is 765. The van der Waals surface area contributed by atoms with Crippen LogP contribution in [0.4, 0.5) is 9.18 Å². The zero-order chi connectivity index (χ0) is 19.1. The first-order chi connectivity index (χ1) is 13.1. The number of amides is 3. The third-order valence-electron chi connectivity index (χ3n) is 4.69. The number of hydrogen-bond donors (Lipinski definition) is 1. The largest absolute Gasteiger partial charge is 0.338 e. The minimum Gasteiger partial charge on any atom is -0.338 e. The Labute approximate surface area is 158 Å². The number of carbonyl (C=O) groups excluding carboxylic acids is 2. The summed E-state index contributed by atoms with van der Waals surface area (Å²) in [5.74, 6) is -0.484. The van der Waals surface area contributed by atoms with Crippen molar-refractivity contribution in [2.24, 2.45) is 0 Å². The molecule has 0 aromatic heterocycles. The van der Waals surface area contributed by atoms with Crippen LogP contribution in [0.2, 0.25) is 0 Å². The maximum Gasteiger partial charge on any atom is 0.317 e. The number of nitrogens with zero attached hydrogens (tertiary/aromatic N) is 2. The van der Waals surface area contributed by atoms with Crippen molar-refractivity contribution in [2.45, 2.75) is 12.8 Å². The van der Waals surface area contributed by atoms with Crippen LogP contribution in [0.1, 0.15) is 22.3 Å². The van der Waals surface area contributed by atoms with Crippen molar-refractivity contribution < 1.29 is 14.0 Å². The quantitative estimate of drug-likeness (QED) is 0.901. The second-order valence-corrected chi connectivity index (χ2v) is 6.61. The molecule has 0 radical (unpaired) electrons. The van der Waals surface area contributed by atoms with E-state index in [4.69, 9.17) is 0 Å². The second kappa shape index (κ2) is 9.16. The summed E-state index contributed by atoms with van der Waals surface area (Å²) in [5, 5.41) is 2.95. The van der Waals surface area contributed by atoms with Crippen LogP contribution in [-0.2, 0) is 6.42 Å². The standard InChI is InChI=1S/C21H24FN3O2/c22-19-9-7-18(8-10-19)20(26)24-13-4-14-25(16-15-24)21(27)23-12-11-17-5-2-1-3-6-17/h1-3,5-10H,4,11-16H2,(H,23,27). The van der Waals surface area contributed by atoms with Crippen LogP contribution < -0.4 is 5.32 Å². The molecule has 0 bridgehead atoms. The van der Waals surface area contributed by atoms with Crippen LogP contribution in [0.25, 0.3) is 0 Å². The van der Waals surface area contributed by atoms with E-state index in [1.54, 1.807) is 9.80 Å². The van der Waals surface area contributed by atoms with Gasteiger partial charge in [-0.1, -0.05) is 30.3 Å². The van der Waals surface area contributed by atoms with E-state index < -0.39 is 0 Å². The Morgan fingerprint density at radius 1 is 0.889 bits per heavy atom. The minimum atomic E-state index is -0.360. The Balaban J connectivity index is 1.48. The first-order valence-electron chi connectivity index (χ1n) is 9.25. The summed E-state index contributed by atoms with van der Waals surface area (Å²) in [6, 6.07) is 15.5. The van der Waals surface area contributed by atoms with Crippen LogP contribution in [0, 0.1) is 5.82 Å². The van der Waals surface area contributed by atoms with E-state index >= 15 is 0 Å². The van der Waals surface area contributed by atoms with Crippen molar-refractivity contribution in [3.05, 3.63) is 71.5 Å². The van der Waals surface area contributed by atoms with Crippen LogP contribution >= 0.6 is 0 Å². The molecule has 5 nitrogen and oxygen atoms in total. The molecule has 0 spiro atoms. The van der Waals surface area contributed by atoms with Gasteiger partial charge in [0.1, 0.15) is 5.82 Å². The van der Waals surface area contributed by atoms with E-state index in [0.717, 1.165) is 12.8 Å². The fourth-order valence-corrected chi connectivity index (χ4v) is 3.17. The van der Waals surface area contributed by atoms with Crippen molar-refractivity contribution in [2.75, 3.05) is 32.7 Å². The van der Waals surface area contributed by atoms with Crippen molar-refractivity contribution in [1.82, 2.24) is 15.1 Å². The maximum atomic E-state index is 13.0. The lowest BCUT2D eigenvalue weighted by Gasteiger charge is -2.22. The van der Waals surface area contributed by atoms with E-state index in [-0.39, 0.29) is 17.8 Å². The predicted molar refractivity (Wildman–Crippen MR) is 102 cm³/mol. The van der Waals surface area contributed by atoms with Crippen molar-refractivity contribution >= 4 is 11.9 Å². The van der Waals surface area contributed by atoms with Gasteiger partial charge in [-0.3, -0.25) is 4.79 Å². The summed E-state index contributed by atoms with van der Waals surface area (Å²) >= 11 is 0. The summed E-state index contributed by atoms with van der Waals surface area (Å²) < 4.78 is 13.0. The highest BCUT2D eigenvalue weighted by Crippen LogP contribution is 2.10. The molecule has 0 atom stereocenters. The molecule has 1 aliphatic heterocycles. The number of benzene rings is 2. The number of hydrogen-bond acceptors (Lipinski definition) is 2. The van der Waals surface area contributed by atoms with Gasteiger partial charge in [0.2, 0.25) is 0 Å². The summed E-state index contributed by atoms with van der Waals surface area (Å²) in [6.07, 6.45) is 1.51. The van der Waals surface area contributed by atoms with Gasteiger partial charge in [0, 0.05) is 38.3 Å². The topological polar surface area (TPSA) is 52.7 Å². The van der Waals surface area contributed by atoms with Gasteiger partial charge in [-0.25, -0.2) is 9.18 Å². The molecular weight excluding hydrogens is 345 g/mol. The van der Waals surface area contributed by atoms with E-state index in [1.807, 2.05) is 30.3 Å². The van der Waals surface area contributed by atoms with Gasteiger partial charge in [-0.05, 0) is 42.7 Å². The molecule has 0 saturated carbocycles. The SMILES string of the molecule is O=C(NCCc1ccccc1)N1CCCN(C(=O)c2ccc(F)cc2)CC1. The van der Waals surface area contributed by atoms with E-state index in [0.29, 0.717) is 38.3 Å². The first kappa shape index (κ1) is 18.9. The van der Waals surface area contributed by atoms with Crippen LogP contribution in [0.3, 0.4) is 0 Å². The molecular formula is C21H24FN3O2. The van der Waals surface area contributed by atoms with E-state index in [1.165, 1.54) is 29.8 Å². The number of halogens is 1. The fraction of sp³-hybridized carbons (Fsp3) is 0.333. The molecule has 1 N–H and O–H groups in total. The Morgan fingerprint density at radius 2 is 1.56 bits per heavy atom. The molecule has 1 heterocycles. The molecule has 1 saturated heterocycles. The maximum absolute atomic E-state index is 13.0. The molecule has 6 heteroatoms. The highest BCUT2D eigenvalue weighted by atomic mass is 19.1. The summed E-state index contributed by atoms with van der Waals surface area (Å²) in [4.78, 5) is 28.4. The molecule has 0 unspecified atom stereocenters.